The molecule has 0 aromatic carbocycles. The van der Waals surface area contributed by atoms with Crippen molar-refractivity contribution in [3.63, 3.8) is 0 Å². The van der Waals surface area contributed by atoms with Gasteiger partial charge in [0.2, 0.25) is 0 Å². The zero-order valence-corrected chi connectivity index (χ0v) is 11.3. The fourth-order valence-corrected chi connectivity index (χ4v) is 2.79. The molecule has 0 bridgehead atoms. The van der Waals surface area contributed by atoms with E-state index in [1.165, 1.54) is 11.4 Å². The molecule has 0 aliphatic heterocycles. The normalized spacial score (nSPS) is 10.5. The average Bonchev–Trinajstić information content (AvgIpc) is 2.80. The maximum atomic E-state index is 4.56. The smallest absolute Gasteiger partial charge is 0.194 e. The molecule has 0 spiro atoms. The fourth-order valence-electron chi connectivity index (χ4n) is 1.86. The Balaban J connectivity index is 2.08. The molecule has 90 valence electrons. The molecule has 0 fully saturated rings. The summed E-state index contributed by atoms with van der Waals surface area (Å²) in [4.78, 5) is 5.65. The lowest BCUT2D eigenvalue weighted by molar-refractivity contribution is 0.678. The Kier molecular flexibility index (Phi) is 3.82. The predicted molar refractivity (Wildman–Crippen MR) is 72.3 cm³/mol. The summed E-state index contributed by atoms with van der Waals surface area (Å²) in [5.74, 6) is 5.96. The maximum absolute atomic E-state index is 4.56. The lowest BCUT2D eigenvalue weighted by atomic mass is 10.3. The van der Waals surface area contributed by atoms with Crippen LogP contribution in [0, 0.1) is 25.7 Å². The van der Waals surface area contributed by atoms with Crippen LogP contribution in [0.2, 0.25) is 0 Å². The number of fused-ring (bicyclic) bond motifs is 1. The Hall–Kier alpha value is -1.31. The molecule has 0 saturated carbocycles. The van der Waals surface area contributed by atoms with E-state index in [0.29, 0.717) is 0 Å². The molecule has 17 heavy (non-hydrogen) atoms. The Morgan fingerprint density at radius 1 is 1.47 bits per heavy atom. The van der Waals surface area contributed by atoms with Gasteiger partial charge in [-0.1, -0.05) is 0 Å². The Morgan fingerprint density at radius 2 is 2.29 bits per heavy atom. The van der Waals surface area contributed by atoms with Crippen molar-refractivity contribution < 1.29 is 0 Å². The second-order valence-corrected chi connectivity index (χ2v) is 4.83. The number of hydrogen-bond donors (Lipinski definition) is 1. The highest BCUT2D eigenvalue weighted by Gasteiger charge is 2.11. The molecule has 0 aliphatic carbocycles. The maximum Gasteiger partial charge on any atom is 0.194 e. The van der Waals surface area contributed by atoms with Crippen LogP contribution in [0.5, 0.6) is 0 Å². The van der Waals surface area contributed by atoms with E-state index >= 15 is 0 Å². The third-order valence-corrected chi connectivity index (χ3v) is 3.67. The molecule has 1 N–H and O–H groups in total. The van der Waals surface area contributed by atoms with Gasteiger partial charge in [0.15, 0.2) is 4.96 Å². The molecule has 0 atom stereocenters. The molecule has 4 heteroatoms. The van der Waals surface area contributed by atoms with Crippen LogP contribution in [0.1, 0.15) is 30.4 Å². The Labute approximate surface area is 106 Å². The van der Waals surface area contributed by atoms with Gasteiger partial charge in [0.05, 0.1) is 11.4 Å². The summed E-state index contributed by atoms with van der Waals surface area (Å²) in [7, 11) is 0. The number of aryl methyl sites for hydroxylation is 2. The van der Waals surface area contributed by atoms with Gasteiger partial charge in [0.1, 0.15) is 0 Å². The number of nitrogens with one attached hydrogen (secondary N) is 1. The van der Waals surface area contributed by atoms with E-state index in [1.54, 1.807) is 11.3 Å². The van der Waals surface area contributed by atoms with Crippen molar-refractivity contribution in [2.45, 2.75) is 33.7 Å². The fraction of sp³-hybridized carbons (Fsp3) is 0.462. The first kappa shape index (κ1) is 12.2. The van der Waals surface area contributed by atoms with Gasteiger partial charge in [0, 0.05) is 30.6 Å². The van der Waals surface area contributed by atoms with E-state index in [1.807, 2.05) is 6.92 Å². The Bertz CT molecular complexity index is 568. The second kappa shape index (κ2) is 5.35. The molecule has 2 aromatic rings. The summed E-state index contributed by atoms with van der Waals surface area (Å²) in [6.45, 7) is 7.85. The van der Waals surface area contributed by atoms with Crippen LogP contribution in [-0.4, -0.2) is 15.9 Å². The molecule has 2 rings (SSSR count). The highest BCUT2D eigenvalue weighted by Crippen LogP contribution is 2.20. The van der Waals surface area contributed by atoms with Gasteiger partial charge < -0.3 is 5.32 Å². The summed E-state index contributed by atoms with van der Waals surface area (Å²) in [6, 6.07) is 0. The monoisotopic (exact) mass is 247 g/mol. The van der Waals surface area contributed by atoms with Crippen molar-refractivity contribution in [2.75, 3.05) is 6.54 Å². The highest BCUT2D eigenvalue weighted by molar-refractivity contribution is 7.15. The number of thiazole rings is 1. The van der Waals surface area contributed by atoms with Crippen LogP contribution in [0.15, 0.2) is 5.38 Å². The molecular weight excluding hydrogens is 230 g/mol. The zero-order valence-electron chi connectivity index (χ0n) is 10.5. The number of aromatic nitrogens is 2. The van der Waals surface area contributed by atoms with E-state index in [4.69, 9.17) is 0 Å². The van der Waals surface area contributed by atoms with Gasteiger partial charge >= 0.3 is 0 Å². The lowest BCUT2D eigenvalue weighted by Crippen LogP contribution is -2.16. The van der Waals surface area contributed by atoms with Crippen LogP contribution in [-0.2, 0) is 6.54 Å². The predicted octanol–water partition coefficient (Wildman–Crippen LogP) is 2.52. The van der Waals surface area contributed by atoms with Crippen molar-refractivity contribution in [1.82, 2.24) is 14.7 Å². The summed E-state index contributed by atoms with van der Waals surface area (Å²) < 4.78 is 2.23. The van der Waals surface area contributed by atoms with Crippen molar-refractivity contribution in [3.05, 3.63) is 22.5 Å². The van der Waals surface area contributed by atoms with Crippen LogP contribution in [0.4, 0.5) is 0 Å². The third kappa shape index (κ3) is 2.51. The quantitative estimate of drug-likeness (QED) is 0.664. The van der Waals surface area contributed by atoms with Crippen molar-refractivity contribution in [2.24, 2.45) is 0 Å². The average molecular weight is 247 g/mol. The molecule has 2 heterocycles. The van der Waals surface area contributed by atoms with E-state index in [-0.39, 0.29) is 0 Å². The van der Waals surface area contributed by atoms with Crippen LogP contribution in [0.3, 0.4) is 0 Å². The Morgan fingerprint density at radius 3 is 3.06 bits per heavy atom. The largest absolute Gasteiger partial charge is 0.310 e. The minimum atomic E-state index is 0.857. The third-order valence-electron chi connectivity index (χ3n) is 2.73. The molecular formula is C13H17N3S. The number of imidazole rings is 1. The van der Waals surface area contributed by atoms with Crippen molar-refractivity contribution in [1.29, 1.82) is 0 Å². The standard InChI is InChI=1S/C13H17N3S/c1-4-5-6-7-14-8-12-11(3)15-13-16(12)10(2)9-17-13/h9,14H,6-8H2,1-3H3. The summed E-state index contributed by atoms with van der Waals surface area (Å²) in [6.07, 6.45) is 0.903. The van der Waals surface area contributed by atoms with E-state index < -0.39 is 0 Å². The second-order valence-electron chi connectivity index (χ2n) is 3.99. The van der Waals surface area contributed by atoms with Gasteiger partial charge in [-0.2, -0.15) is 0 Å². The van der Waals surface area contributed by atoms with Gasteiger partial charge in [-0.05, 0) is 20.8 Å². The SMILES string of the molecule is CC#CCCNCc1c(C)nc2scc(C)n12. The van der Waals surface area contributed by atoms with Gasteiger partial charge in [0.25, 0.3) is 0 Å². The molecule has 0 aliphatic rings. The van der Waals surface area contributed by atoms with E-state index in [2.05, 4.69) is 45.8 Å². The number of nitrogens with zero attached hydrogens (tertiary/aromatic N) is 2. The minimum Gasteiger partial charge on any atom is -0.310 e. The van der Waals surface area contributed by atoms with E-state index in [9.17, 15) is 0 Å². The summed E-state index contributed by atoms with van der Waals surface area (Å²) >= 11 is 1.70. The zero-order chi connectivity index (χ0) is 12.3. The first-order chi connectivity index (χ1) is 8.24. The highest BCUT2D eigenvalue weighted by atomic mass is 32.1. The summed E-state index contributed by atoms with van der Waals surface area (Å²) in [5, 5.41) is 5.56. The first-order valence-corrected chi connectivity index (χ1v) is 6.64. The lowest BCUT2D eigenvalue weighted by Gasteiger charge is -2.04. The van der Waals surface area contributed by atoms with Gasteiger partial charge in [-0.3, -0.25) is 4.40 Å². The first-order valence-electron chi connectivity index (χ1n) is 5.76. The molecule has 0 saturated heterocycles. The van der Waals surface area contributed by atoms with Crippen LogP contribution < -0.4 is 5.32 Å². The topological polar surface area (TPSA) is 29.3 Å². The van der Waals surface area contributed by atoms with Crippen LogP contribution >= 0.6 is 11.3 Å². The summed E-state index contributed by atoms with van der Waals surface area (Å²) in [5.41, 5.74) is 3.65. The molecule has 2 aromatic heterocycles. The number of rotatable bonds is 4. The molecule has 0 unspecified atom stereocenters. The van der Waals surface area contributed by atoms with Gasteiger partial charge in [-0.25, -0.2) is 4.98 Å². The minimum absolute atomic E-state index is 0.857. The van der Waals surface area contributed by atoms with Crippen LogP contribution in [0.25, 0.3) is 4.96 Å². The van der Waals surface area contributed by atoms with Crippen molar-refractivity contribution >= 4 is 16.3 Å². The van der Waals surface area contributed by atoms with Crippen molar-refractivity contribution in [3.8, 4) is 11.8 Å². The molecule has 0 amide bonds. The molecule has 3 nitrogen and oxygen atoms in total. The van der Waals surface area contributed by atoms with Gasteiger partial charge in [-0.15, -0.1) is 23.2 Å². The molecule has 0 radical (unpaired) electrons. The number of hydrogen-bond acceptors (Lipinski definition) is 3. The van der Waals surface area contributed by atoms with E-state index in [0.717, 1.165) is 30.2 Å².